The average Bonchev–Trinajstić information content (AvgIpc) is 3.00. The van der Waals surface area contributed by atoms with Gasteiger partial charge in [-0.1, -0.05) is 48.5 Å². The van der Waals surface area contributed by atoms with E-state index in [9.17, 15) is 23.1 Å². The number of phenols is 1. The van der Waals surface area contributed by atoms with Gasteiger partial charge < -0.3 is 14.9 Å². The molecule has 0 unspecified atom stereocenters. The minimum Gasteiger partial charge on any atom is -0.504 e. The van der Waals surface area contributed by atoms with Gasteiger partial charge in [0.2, 0.25) is 11.6 Å². The first-order valence-electron chi connectivity index (χ1n) is 8.35. The standard InChI is InChI=1S/C21H13F3O4/c22-16-15(21(26)27)19(25)18(24)20(17(16)23)28-9-14-12-7-3-1-5-10(12)11-6-2-4-8-13(11)14/h1-8,14,25H,9H2,(H,26,27). The van der Waals surface area contributed by atoms with Crippen LogP contribution in [0.3, 0.4) is 0 Å². The number of halogens is 3. The van der Waals surface area contributed by atoms with E-state index in [4.69, 9.17) is 9.84 Å². The molecule has 4 rings (SSSR count). The van der Waals surface area contributed by atoms with Crippen LogP contribution in [-0.2, 0) is 0 Å². The lowest BCUT2D eigenvalue weighted by molar-refractivity contribution is 0.0685. The maximum Gasteiger partial charge on any atom is 0.342 e. The number of ether oxygens (including phenoxy) is 1. The second kappa shape index (κ2) is 6.60. The first-order chi connectivity index (χ1) is 13.4. The molecule has 3 aromatic carbocycles. The van der Waals surface area contributed by atoms with E-state index in [1.165, 1.54) is 0 Å². The van der Waals surface area contributed by atoms with Crippen molar-refractivity contribution in [2.24, 2.45) is 0 Å². The molecule has 0 radical (unpaired) electrons. The Kier molecular flexibility index (Phi) is 4.22. The maximum absolute atomic E-state index is 14.3. The van der Waals surface area contributed by atoms with Crippen molar-refractivity contribution in [1.82, 2.24) is 0 Å². The summed E-state index contributed by atoms with van der Waals surface area (Å²) in [5, 5.41) is 18.5. The predicted molar refractivity (Wildman–Crippen MR) is 94.2 cm³/mol. The van der Waals surface area contributed by atoms with Crippen LogP contribution < -0.4 is 4.74 Å². The minimum absolute atomic E-state index is 0.229. The lowest BCUT2D eigenvalue weighted by atomic mass is 9.98. The third-order valence-electron chi connectivity index (χ3n) is 4.83. The van der Waals surface area contributed by atoms with Crippen LogP contribution in [0, 0.1) is 17.5 Å². The molecule has 0 saturated carbocycles. The van der Waals surface area contributed by atoms with E-state index < -0.39 is 40.5 Å². The monoisotopic (exact) mass is 386 g/mol. The number of hydrogen-bond acceptors (Lipinski definition) is 3. The van der Waals surface area contributed by atoms with Crippen molar-refractivity contribution < 1.29 is 32.9 Å². The average molecular weight is 386 g/mol. The van der Waals surface area contributed by atoms with Gasteiger partial charge in [-0.25, -0.2) is 9.18 Å². The fraction of sp³-hybridized carbons (Fsp3) is 0.0952. The quantitative estimate of drug-likeness (QED) is 0.638. The summed E-state index contributed by atoms with van der Waals surface area (Å²) < 4.78 is 47.7. The number of carboxylic acid groups (broad SMARTS) is 1. The van der Waals surface area contributed by atoms with Gasteiger partial charge in [-0.3, -0.25) is 0 Å². The summed E-state index contributed by atoms with van der Waals surface area (Å²) in [7, 11) is 0. The zero-order valence-electron chi connectivity index (χ0n) is 14.2. The Hall–Kier alpha value is -3.48. The molecule has 4 nitrogen and oxygen atoms in total. The molecule has 0 amide bonds. The fourth-order valence-corrected chi connectivity index (χ4v) is 3.55. The van der Waals surface area contributed by atoms with E-state index >= 15 is 0 Å². The van der Waals surface area contributed by atoms with Gasteiger partial charge in [0.15, 0.2) is 17.3 Å². The van der Waals surface area contributed by atoms with Gasteiger partial charge in [0.25, 0.3) is 0 Å². The van der Waals surface area contributed by atoms with E-state index in [1.54, 1.807) is 0 Å². The van der Waals surface area contributed by atoms with Gasteiger partial charge in [0.05, 0.1) is 6.61 Å². The van der Waals surface area contributed by atoms with Crippen molar-refractivity contribution in [1.29, 1.82) is 0 Å². The van der Waals surface area contributed by atoms with E-state index in [-0.39, 0.29) is 12.5 Å². The molecule has 0 bridgehead atoms. The van der Waals surface area contributed by atoms with Gasteiger partial charge in [-0.15, -0.1) is 0 Å². The zero-order chi connectivity index (χ0) is 20.0. The van der Waals surface area contributed by atoms with Crippen LogP contribution in [0.4, 0.5) is 13.2 Å². The molecule has 7 heteroatoms. The first-order valence-corrected chi connectivity index (χ1v) is 8.35. The van der Waals surface area contributed by atoms with Crippen LogP contribution in [0.15, 0.2) is 48.5 Å². The summed E-state index contributed by atoms with van der Waals surface area (Å²) in [6.45, 7) is -0.229. The van der Waals surface area contributed by atoms with Crippen LogP contribution in [0.25, 0.3) is 11.1 Å². The van der Waals surface area contributed by atoms with E-state index in [1.807, 2.05) is 48.5 Å². The van der Waals surface area contributed by atoms with Crippen molar-refractivity contribution in [2.45, 2.75) is 5.92 Å². The molecule has 1 aliphatic rings. The van der Waals surface area contributed by atoms with Gasteiger partial charge >= 0.3 is 5.97 Å². The van der Waals surface area contributed by atoms with Crippen LogP contribution in [-0.4, -0.2) is 22.8 Å². The molecule has 0 aliphatic heterocycles. The Balaban J connectivity index is 1.72. The molecular formula is C21H13F3O4. The largest absolute Gasteiger partial charge is 0.504 e. The topological polar surface area (TPSA) is 66.8 Å². The Labute approximate surface area is 157 Å². The molecule has 0 aromatic heterocycles. The van der Waals surface area contributed by atoms with Crippen molar-refractivity contribution in [3.05, 3.63) is 82.7 Å². The van der Waals surface area contributed by atoms with Crippen LogP contribution >= 0.6 is 0 Å². The molecular weight excluding hydrogens is 373 g/mol. The number of carboxylic acids is 1. The van der Waals surface area contributed by atoms with E-state index in [0.717, 1.165) is 22.3 Å². The van der Waals surface area contributed by atoms with Crippen LogP contribution in [0.2, 0.25) is 0 Å². The molecule has 0 heterocycles. The highest BCUT2D eigenvalue weighted by molar-refractivity contribution is 5.91. The Morgan fingerprint density at radius 3 is 1.96 bits per heavy atom. The van der Waals surface area contributed by atoms with E-state index in [2.05, 4.69) is 0 Å². The summed E-state index contributed by atoms with van der Waals surface area (Å²) in [4.78, 5) is 10.9. The maximum atomic E-state index is 14.3. The number of benzene rings is 3. The summed E-state index contributed by atoms with van der Waals surface area (Å²) in [5.41, 5.74) is 2.22. The van der Waals surface area contributed by atoms with Crippen molar-refractivity contribution in [2.75, 3.05) is 6.61 Å². The van der Waals surface area contributed by atoms with Crippen molar-refractivity contribution in [3.63, 3.8) is 0 Å². The number of hydrogen-bond donors (Lipinski definition) is 2. The summed E-state index contributed by atoms with van der Waals surface area (Å²) in [6, 6.07) is 15.0. The third-order valence-corrected chi connectivity index (χ3v) is 4.83. The van der Waals surface area contributed by atoms with Crippen molar-refractivity contribution in [3.8, 4) is 22.6 Å². The smallest absolute Gasteiger partial charge is 0.342 e. The molecule has 1 aliphatic carbocycles. The molecule has 0 atom stereocenters. The number of aromatic carboxylic acids is 1. The van der Waals surface area contributed by atoms with E-state index in [0.29, 0.717) is 0 Å². The Bertz CT molecular complexity index is 1040. The van der Waals surface area contributed by atoms with Crippen LogP contribution in [0.1, 0.15) is 27.4 Å². The molecule has 2 N–H and O–H groups in total. The predicted octanol–water partition coefficient (Wildman–Crippen LogP) is 4.70. The highest BCUT2D eigenvalue weighted by atomic mass is 19.2. The number of aromatic hydroxyl groups is 1. The second-order valence-corrected chi connectivity index (χ2v) is 6.34. The van der Waals surface area contributed by atoms with Gasteiger partial charge in [-0.05, 0) is 22.3 Å². The number of rotatable bonds is 4. The first kappa shape index (κ1) is 17.9. The lowest BCUT2D eigenvalue weighted by Gasteiger charge is -2.17. The Morgan fingerprint density at radius 1 is 0.893 bits per heavy atom. The summed E-state index contributed by atoms with van der Waals surface area (Å²) >= 11 is 0. The number of carbonyl (C=O) groups is 1. The van der Waals surface area contributed by atoms with Crippen molar-refractivity contribution >= 4 is 5.97 Å². The molecule has 142 valence electrons. The molecule has 0 spiro atoms. The molecule has 0 saturated heterocycles. The SMILES string of the molecule is O=C(O)c1c(O)c(F)c(OCC2c3ccccc3-c3ccccc32)c(F)c1F. The third kappa shape index (κ3) is 2.58. The summed E-state index contributed by atoms with van der Waals surface area (Å²) in [5.74, 6) is -10.3. The lowest BCUT2D eigenvalue weighted by Crippen LogP contribution is -2.13. The molecule has 0 fully saturated rings. The van der Waals surface area contributed by atoms with Gasteiger partial charge in [0.1, 0.15) is 5.56 Å². The van der Waals surface area contributed by atoms with Gasteiger partial charge in [0, 0.05) is 5.92 Å². The minimum atomic E-state index is -1.99. The molecule has 28 heavy (non-hydrogen) atoms. The fourth-order valence-electron chi connectivity index (χ4n) is 3.55. The molecule has 3 aromatic rings. The second-order valence-electron chi connectivity index (χ2n) is 6.34. The number of fused-ring (bicyclic) bond motifs is 3. The van der Waals surface area contributed by atoms with Gasteiger partial charge in [-0.2, -0.15) is 8.78 Å². The normalized spacial score (nSPS) is 12.5. The highest BCUT2D eigenvalue weighted by Crippen LogP contribution is 2.45. The Morgan fingerprint density at radius 2 is 1.43 bits per heavy atom. The van der Waals surface area contributed by atoms with Crippen LogP contribution in [0.5, 0.6) is 11.5 Å². The summed E-state index contributed by atoms with van der Waals surface area (Å²) in [6.07, 6.45) is 0. The highest BCUT2D eigenvalue weighted by Gasteiger charge is 2.32. The zero-order valence-corrected chi connectivity index (χ0v) is 14.2.